The van der Waals surface area contributed by atoms with E-state index >= 15 is 0 Å². The number of hydrogen-bond donors (Lipinski definition) is 1. The van der Waals surface area contributed by atoms with Gasteiger partial charge in [0.15, 0.2) is 0 Å². The summed E-state index contributed by atoms with van der Waals surface area (Å²) in [7, 11) is 0. The number of rotatable bonds is 2. The van der Waals surface area contributed by atoms with Gasteiger partial charge in [-0.25, -0.2) is 4.39 Å². The largest absolute Gasteiger partial charge is 0.388 e. The molecule has 0 fully saturated rings. The minimum Gasteiger partial charge on any atom is -0.388 e. The Morgan fingerprint density at radius 2 is 1.93 bits per heavy atom. The van der Waals surface area contributed by atoms with Crippen LogP contribution in [-0.2, 0) is 0 Å². The summed E-state index contributed by atoms with van der Waals surface area (Å²) >= 11 is 3.11. The van der Waals surface area contributed by atoms with Gasteiger partial charge in [-0.2, -0.15) is 0 Å². The first-order valence-electron chi connectivity index (χ1n) is 4.57. The average Bonchev–Trinajstić information content (AvgIpc) is 2.10. The fourth-order valence-electron chi connectivity index (χ4n) is 1.34. The molecule has 1 aromatic rings. The Morgan fingerprint density at radius 1 is 1.36 bits per heavy atom. The van der Waals surface area contributed by atoms with Crippen molar-refractivity contribution in [2.45, 2.75) is 26.9 Å². The van der Waals surface area contributed by atoms with Crippen molar-refractivity contribution in [2.24, 2.45) is 5.92 Å². The molecule has 0 aliphatic heterocycles. The first-order valence-corrected chi connectivity index (χ1v) is 5.36. The Balaban J connectivity index is 3.15. The molecule has 14 heavy (non-hydrogen) atoms. The first kappa shape index (κ1) is 11.7. The van der Waals surface area contributed by atoms with Gasteiger partial charge >= 0.3 is 0 Å². The molecule has 1 N–H and O–H groups in total. The Bertz CT molecular complexity index is 336. The number of benzene rings is 1. The number of aliphatic hydroxyl groups is 1. The van der Waals surface area contributed by atoms with Crippen LogP contribution < -0.4 is 0 Å². The third-order valence-electron chi connectivity index (χ3n) is 2.26. The standard InChI is InChI=1S/C11H14BrFO/c1-6(2)11(14)8-5-10(13)9(12)4-7(8)3/h4-6,11,14H,1-3H3. The van der Waals surface area contributed by atoms with Gasteiger partial charge < -0.3 is 5.11 Å². The van der Waals surface area contributed by atoms with Crippen molar-refractivity contribution in [3.8, 4) is 0 Å². The molecule has 0 amide bonds. The molecular formula is C11H14BrFO. The van der Waals surface area contributed by atoms with E-state index in [0.717, 1.165) is 5.56 Å². The van der Waals surface area contributed by atoms with Gasteiger partial charge in [0.05, 0.1) is 10.6 Å². The Morgan fingerprint density at radius 3 is 2.43 bits per heavy atom. The zero-order chi connectivity index (χ0) is 10.9. The van der Waals surface area contributed by atoms with Crippen molar-refractivity contribution in [2.75, 3.05) is 0 Å². The van der Waals surface area contributed by atoms with Gasteiger partial charge in [0, 0.05) is 0 Å². The molecule has 0 bridgehead atoms. The fraction of sp³-hybridized carbons (Fsp3) is 0.455. The van der Waals surface area contributed by atoms with Gasteiger partial charge in [-0.15, -0.1) is 0 Å². The zero-order valence-corrected chi connectivity index (χ0v) is 10.1. The van der Waals surface area contributed by atoms with Crippen LogP contribution in [0, 0.1) is 18.7 Å². The second-order valence-corrected chi connectivity index (χ2v) is 4.67. The lowest BCUT2D eigenvalue weighted by molar-refractivity contribution is 0.126. The molecular weight excluding hydrogens is 247 g/mol. The van der Waals surface area contributed by atoms with E-state index in [4.69, 9.17) is 0 Å². The predicted molar refractivity (Wildman–Crippen MR) is 58.6 cm³/mol. The van der Waals surface area contributed by atoms with E-state index < -0.39 is 6.10 Å². The summed E-state index contributed by atoms with van der Waals surface area (Å²) in [4.78, 5) is 0. The van der Waals surface area contributed by atoms with Gasteiger partial charge in [-0.3, -0.25) is 0 Å². The van der Waals surface area contributed by atoms with Crippen LogP contribution in [0.25, 0.3) is 0 Å². The number of aliphatic hydroxyl groups excluding tert-OH is 1. The van der Waals surface area contributed by atoms with Crippen molar-refractivity contribution in [3.63, 3.8) is 0 Å². The predicted octanol–water partition coefficient (Wildman–Crippen LogP) is 3.59. The normalized spacial score (nSPS) is 13.4. The zero-order valence-electron chi connectivity index (χ0n) is 8.51. The van der Waals surface area contributed by atoms with Crippen LogP contribution in [0.4, 0.5) is 4.39 Å². The number of aryl methyl sites for hydroxylation is 1. The van der Waals surface area contributed by atoms with E-state index in [0.29, 0.717) is 10.0 Å². The Hall–Kier alpha value is -0.410. The van der Waals surface area contributed by atoms with Crippen LogP contribution in [-0.4, -0.2) is 5.11 Å². The molecule has 0 aromatic heterocycles. The molecule has 3 heteroatoms. The van der Waals surface area contributed by atoms with Gasteiger partial charge in [0.25, 0.3) is 0 Å². The van der Waals surface area contributed by atoms with Crippen molar-refractivity contribution < 1.29 is 9.50 Å². The molecule has 0 spiro atoms. The SMILES string of the molecule is Cc1cc(Br)c(F)cc1C(O)C(C)C. The Kier molecular flexibility index (Phi) is 3.67. The fourth-order valence-corrected chi connectivity index (χ4v) is 1.80. The van der Waals surface area contributed by atoms with Crippen LogP contribution in [0.3, 0.4) is 0 Å². The van der Waals surface area contributed by atoms with E-state index in [-0.39, 0.29) is 11.7 Å². The summed E-state index contributed by atoms with van der Waals surface area (Å²) < 4.78 is 13.7. The van der Waals surface area contributed by atoms with Crippen LogP contribution in [0.15, 0.2) is 16.6 Å². The highest BCUT2D eigenvalue weighted by Gasteiger charge is 2.16. The molecule has 0 radical (unpaired) electrons. The lowest BCUT2D eigenvalue weighted by Gasteiger charge is -2.17. The summed E-state index contributed by atoms with van der Waals surface area (Å²) in [5.74, 6) is -0.237. The highest BCUT2D eigenvalue weighted by molar-refractivity contribution is 9.10. The Labute approximate surface area is 92.1 Å². The molecule has 0 aliphatic carbocycles. The van der Waals surface area contributed by atoms with Crippen molar-refractivity contribution >= 4 is 15.9 Å². The van der Waals surface area contributed by atoms with Gasteiger partial charge in [0.1, 0.15) is 5.82 Å². The average molecular weight is 261 g/mol. The second-order valence-electron chi connectivity index (χ2n) is 3.81. The molecule has 0 saturated carbocycles. The minimum atomic E-state index is -0.599. The summed E-state index contributed by atoms with van der Waals surface area (Å²) in [6.07, 6.45) is -0.599. The summed E-state index contributed by atoms with van der Waals surface area (Å²) in [5, 5.41) is 9.81. The van der Waals surface area contributed by atoms with Gasteiger partial charge in [-0.05, 0) is 52.0 Å². The number of halogens is 2. The molecule has 1 aromatic carbocycles. The van der Waals surface area contributed by atoms with E-state index in [2.05, 4.69) is 15.9 Å². The monoisotopic (exact) mass is 260 g/mol. The van der Waals surface area contributed by atoms with Crippen molar-refractivity contribution in [3.05, 3.63) is 33.5 Å². The minimum absolute atomic E-state index is 0.0919. The maximum atomic E-state index is 13.2. The van der Waals surface area contributed by atoms with Crippen LogP contribution in [0.1, 0.15) is 31.1 Å². The molecule has 1 nitrogen and oxygen atoms in total. The van der Waals surface area contributed by atoms with E-state index in [1.165, 1.54) is 6.07 Å². The first-order chi connectivity index (χ1) is 6.43. The maximum Gasteiger partial charge on any atom is 0.137 e. The summed E-state index contributed by atoms with van der Waals surface area (Å²) in [5.41, 5.74) is 1.57. The van der Waals surface area contributed by atoms with Crippen molar-refractivity contribution in [1.82, 2.24) is 0 Å². The molecule has 78 valence electrons. The highest BCUT2D eigenvalue weighted by atomic mass is 79.9. The number of hydrogen-bond acceptors (Lipinski definition) is 1. The topological polar surface area (TPSA) is 20.2 Å². The quantitative estimate of drug-likeness (QED) is 0.862. The summed E-state index contributed by atoms with van der Waals surface area (Å²) in [6, 6.07) is 3.08. The molecule has 0 saturated heterocycles. The maximum absolute atomic E-state index is 13.2. The van der Waals surface area contributed by atoms with Gasteiger partial charge in [0.2, 0.25) is 0 Å². The lowest BCUT2D eigenvalue weighted by Crippen LogP contribution is -2.07. The van der Waals surface area contributed by atoms with Crippen LogP contribution >= 0.6 is 15.9 Å². The third kappa shape index (κ3) is 2.34. The van der Waals surface area contributed by atoms with Crippen molar-refractivity contribution in [1.29, 1.82) is 0 Å². The van der Waals surface area contributed by atoms with Crippen LogP contribution in [0.2, 0.25) is 0 Å². The van der Waals surface area contributed by atoms with E-state index in [1.807, 2.05) is 20.8 Å². The summed E-state index contributed by atoms with van der Waals surface area (Å²) in [6.45, 7) is 5.68. The van der Waals surface area contributed by atoms with E-state index in [1.54, 1.807) is 6.07 Å². The molecule has 0 aliphatic rings. The van der Waals surface area contributed by atoms with Gasteiger partial charge in [-0.1, -0.05) is 13.8 Å². The molecule has 1 rings (SSSR count). The second kappa shape index (κ2) is 4.41. The third-order valence-corrected chi connectivity index (χ3v) is 2.87. The molecule has 0 heterocycles. The van der Waals surface area contributed by atoms with Crippen LogP contribution in [0.5, 0.6) is 0 Å². The molecule has 1 atom stereocenters. The molecule has 1 unspecified atom stereocenters. The smallest absolute Gasteiger partial charge is 0.137 e. The highest BCUT2D eigenvalue weighted by Crippen LogP contribution is 2.28. The van der Waals surface area contributed by atoms with E-state index in [9.17, 15) is 9.50 Å². The lowest BCUT2D eigenvalue weighted by atomic mass is 9.95.